The van der Waals surface area contributed by atoms with Crippen LogP contribution in [0.25, 0.3) is 10.9 Å². The minimum atomic E-state index is -0.385. The molecule has 2 atom stereocenters. The van der Waals surface area contributed by atoms with Gasteiger partial charge in [-0.3, -0.25) is 9.78 Å². The summed E-state index contributed by atoms with van der Waals surface area (Å²) in [6, 6.07) is 5.63. The van der Waals surface area contributed by atoms with Crippen LogP contribution in [0.5, 0.6) is 0 Å². The zero-order valence-corrected chi connectivity index (χ0v) is 14.3. The average Bonchev–Trinajstić information content (AvgIpc) is 3.01. The van der Waals surface area contributed by atoms with Crippen LogP contribution in [0, 0.1) is 17.8 Å². The molecule has 132 valence electrons. The van der Waals surface area contributed by atoms with Crippen molar-refractivity contribution in [3.05, 3.63) is 48.7 Å². The fourth-order valence-corrected chi connectivity index (χ4v) is 4.53. The molecule has 4 heterocycles. The van der Waals surface area contributed by atoms with Gasteiger partial charge >= 0.3 is 0 Å². The molecular formula is C19H20N6O. The summed E-state index contributed by atoms with van der Waals surface area (Å²) < 4.78 is 2.05. The van der Waals surface area contributed by atoms with Crippen molar-refractivity contribution in [3.63, 3.8) is 0 Å². The summed E-state index contributed by atoms with van der Waals surface area (Å²) in [4.78, 5) is 26.9. The number of primary amides is 1. The molecule has 3 aromatic heterocycles. The van der Waals surface area contributed by atoms with Crippen LogP contribution in [-0.2, 0) is 6.54 Å². The van der Waals surface area contributed by atoms with E-state index < -0.39 is 0 Å². The van der Waals surface area contributed by atoms with E-state index in [1.807, 2.05) is 22.8 Å². The number of aryl methyl sites for hydroxylation is 1. The van der Waals surface area contributed by atoms with Crippen LogP contribution in [-0.4, -0.2) is 38.5 Å². The average molecular weight is 348 g/mol. The molecular weight excluding hydrogens is 328 g/mol. The van der Waals surface area contributed by atoms with Crippen molar-refractivity contribution in [1.82, 2.24) is 19.5 Å². The molecule has 7 nitrogen and oxygen atoms in total. The van der Waals surface area contributed by atoms with Crippen molar-refractivity contribution in [2.75, 3.05) is 18.0 Å². The van der Waals surface area contributed by atoms with Crippen LogP contribution in [0.1, 0.15) is 16.9 Å². The second kappa shape index (κ2) is 5.79. The van der Waals surface area contributed by atoms with E-state index in [2.05, 4.69) is 19.9 Å². The number of anilines is 1. The number of nitrogens with zero attached hydrogens (tertiary/aromatic N) is 5. The number of carbonyl (C=O) groups is 1. The van der Waals surface area contributed by atoms with Crippen LogP contribution >= 0.6 is 0 Å². The monoisotopic (exact) mass is 348 g/mol. The quantitative estimate of drug-likeness (QED) is 0.758. The van der Waals surface area contributed by atoms with Gasteiger partial charge in [-0.15, -0.1) is 0 Å². The van der Waals surface area contributed by atoms with Gasteiger partial charge in [0, 0.05) is 49.8 Å². The van der Waals surface area contributed by atoms with E-state index in [1.54, 1.807) is 24.8 Å². The molecule has 3 aromatic rings. The molecule has 5 rings (SSSR count). The van der Waals surface area contributed by atoms with E-state index in [-0.39, 0.29) is 5.91 Å². The summed E-state index contributed by atoms with van der Waals surface area (Å²) >= 11 is 0. The number of aromatic nitrogens is 4. The second-order valence-electron chi connectivity index (χ2n) is 7.21. The van der Waals surface area contributed by atoms with Crippen LogP contribution in [0.4, 0.5) is 5.95 Å². The first-order chi connectivity index (χ1) is 12.7. The number of carbonyl (C=O) groups excluding carboxylic acids is 1. The number of rotatable bonds is 5. The van der Waals surface area contributed by atoms with Gasteiger partial charge in [0.1, 0.15) is 5.69 Å². The summed E-state index contributed by atoms with van der Waals surface area (Å²) in [7, 11) is 0. The van der Waals surface area contributed by atoms with Gasteiger partial charge in [0.2, 0.25) is 5.95 Å². The summed E-state index contributed by atoms with van der Waals surface area (Å²) in [5.41, 5.74) is 7.17. The highest BCUT2D eigenvalue weighted by atomic mass is 16.1. The Morgan fingerprint density at radius 1 is 1.19 bits per heavy atom. The highest BCUT2D eigenvalue weighted by Gasteiger charge is 2.55. The van der Waals surface area contributed by atoms with E-state index >= 15 is 0 Å². The van der Waals surface area contributed by atoms with Gasteiger partial charge in [-0.2, -0.15) is 0 Å². The topological polar surface area (TPSA) is 89.9 Å². The van der Waals surface area contributed by atoms with E-state index in [0.717, 1.165) is 42.9 Å². The van der Waals surface area contributed by atoms with Crippen molar-refractivity contribution < 1.29 is 4.79 Å². The van der Waals surface area contributed by atoms with Crippen molar-refractivity contribution in [2.24, 2.45) is 23.5 Å². The Morgan fingerprint density at radius 3 is 2.69 bits per heavy atom. The molecule has 1 saturated carbocycles. The number of pyridine rings is 1. The Kier molecular flexibility index (Phi) is 3.41. The van der Waals surface area contributed by atoms with E-state index in [1.165, 1.54) is 0 Å². The molecule has 2 aliphatic rings. The molecule has 1 aliphatic heterocycles. The zero-order valence-electron chi connectivity index (χ0n) is 14.3. The molecule has 7 heteroatoms. The molecule has 26 heavy (non-hydrogen) atoms. The van der Waals surface area contributed by atoms with Crippen molar-refractivity contribution >= 4 is 22.8 Å². The Bertz CT molecular complexity index is 957. The van der Waals surface area contributed by atoms with E-state index in [9.17, 15) is 4.79 Å². The van der Waals surface area contributed by atoms with Crippen LogP contribution < -0.4 is 10.6 Å². The summed E-state index contributed by atoms with van der Waals surface area (Å²) in [5.74, 6) is 2.57. The fraction of sp³-hybridized carbons (Fsp3) is 0.368. The number of amides is 1. The van der Waals surface area contributed by atoms with Gasteiger partial charge in [-0.1, -0.05) is 0 Å². The fourth-order valence-electron chi connectivity index (χ4n) is 4.53. The second-order valence-corrected chi connectivity index (χ2v) is 7.21. The normalized spacial score (nSPS) is 24.0. The lowest BCUT2D eigenvalue weighted by molar-refractivity contribution is 0.0991. The predicted molar refractivity (Wildman–Crippen MR) is 97.6 cm³/mol. The standard InChI is InChI=1S/C19H20N6O/c20-18(26)17-8-12-9-21-6-2-16(12)25(17)7-3-13-14-10-24(11-15(13)14)19-22-4-1-5-23-19/h1-2,4-6,8-9,13-15H,3,7,10-11H2,(H2,20,26). The van der Waals surface area contributed by atoms with Gasteiger partial charge in [0.25, 0.3) is 5.91 Å². The molecule has 2 fully saturated rings. The number of nitrogens with two attached hydrogens (primary N) is 1. The van der Waals surface area contributed by atoms with Gasteiger partial charge in [0.05, 0.1) is 5.52 Å². The van der Waals surface area contributed by atoms with Gasteiger partial charge < -0.3 is 15.2 Å². The molecule has 0 bridgehead atoms. The van der Waals surface area contributed by atoms with Crippen molar-refractivity contribution in [2.45, 2.75) is 13.0 Å². The number of hydrogen-bond acceptors (Lipinski definition) is 5. The maximum absolute atomic E-state index is 11.8. The molecule has 0 radical (unpaired) electrons. The SMILES string of the molecule is NC(=O)c1cc2cnccc2n1CCC1C2CN(c3ncccn3)CC12. The number of hydrogen-bond donors (Lipinski definition) is 1. The van der Waals surface area contributed by atoms with Crippen molar-refractivity contribution in [3.8, 4) is 0 Å². The minimum Gasteiger partial charge on any atom is -0.364 e. The lowest BCUT2D eigenvalue weighted by Crippen LogP contribution is -2.26. The molecule has 0 aromatic carbocycles. The van der Waals surface area contributed by atoms with Crippen LogP contribution in [0.15, 0.2) is 43.0 Å². The molecule has 2 unspecified atom stereocenters. The molecule has 1 aliphatic carbocycles. The summed E-state index contributed by atoms with van der Waals surface area (Å²) in [6.45, 7) is 2.86. The Balaban J connectivity index is 1.27. The smallest absolute Gasteiger partial charge is 0.265 e. The molecule has 2 N–H and O–H groups in total. The third-order valence-electron chi connectivity index (χ3n) is 5.85. The maximum atomic E-state index is 11.8. The third-order valence-corrected chi connectivity index (χ3v) is 5.85. The predicted octanol–water partition coefficient (Wildman–Crippen LogP) is 1.70. The number of fused-ring (bicyclic) bond motifs is 2. The van der Waals surface area contributed by atoms with Crippen LogP contribution in [0.2, 0.25) is 0 Å². The lowest BCUT2D eigenvalue weighted by atomic mass is 10.2. The third kappa shape index (κ3) is 2.42. The number of piperidine rings is 1. The summed E-state index contributed by atoms with van der Waals surface area (Å²) in [6.07, 6.45) is 8.18. The molecule has 1 amide bonds. The van der Waals surface area contributed by atoms with Gasteiger partial charge in [-0.25, -0.2) is 9.97 Å². The van der Waals surface area contributed by atoms with Crippen molar-refractivity contribution in [1.29, 1.82) is 0 Å². The van der Waals surface area contributed by atoms with E-state index in [0.29, 0.717) is 23.4 Å². The van der Waals surface area contributed by atoms with E-state index in [4.69, 9.17) is 5.73 Å². The van der Waals surface area contributed by atoms with Gasteiger partial charge in [0.15, 0.2) is 0 Å². The lowest BCUT2D eigenvalue weighted by Gasteiger charge is -2.19. The highest BCUT2D eigenvalue weighted by Crippen LogP contribution is 2.54. The largest absolute Gasteiger partial charge is 0.364 e. The molecule has 1 saturated heterocycles. The van der Waals surface area contributed by atoms with Crippen LogP contribution in [0.3, 0.4) is 0 Å². The minimum absolute atomic E-state index is 0.385. The first-order valence-electron chi connectivity index (χ1n) is 8.97. The maximum Gasteiger partial charge on any atom is 0.265 e. The Labute approximate surface area is 150 Å². The zero-order chi connectivity index (χ0) is 17.7. The summed E-state index contributed by atoms with van der Waals surface area (Å²) in [5, 5.41) is 0.963. The first-order valence-corrected chi connectivity index (χ1v) is 8.97. The first kappa shape index (κ1) is 15.3. The Morgan fingerprint density at radius 2 is 1.96 bits per heavy atom. The van der Waals surface area contributed by atoms with Gasteiger partial charge in [-0.05, 0) is 42.4 Å². The Hall–Kier alpha value is -2.96. The molecule has 0 spiro atoms. The highest BCUT2D eigenvalue weighted by molar-refractivity contribution is 5.97.